The van der Waals surface area contributed by atoms with Crippen LogP contribution in [0.15, 0.2) is 58.7 Å². The molecule has 4 rings (SSSR count). The second-order valence-electron chi connectivity index (χ2n) is 6.95. The Labute approximate surface area is 171 Å². The van der Waals surface area contributed by atoms with Crippen LogP contribution in [-0.2, 0) is 9.59 Å². The fourth-order valence-corrected chi connectivity index (χ4v) is 3.96. The van der Waals surface area contributed by atoms with Gasteiger partial charge in [0, 0.05) is 30.7 Å². The minimum atomic E-state index is -0.386. The zero-order chi connectivity index (χ0) is 19.8. The second kappa shape index (κ2) is 7.48. The predicted octanol–water partition coefficient (Wildman–Crippen LogP) is 3.12. The molecule has 0 atom stereocenters. The highest BCUT2D eigenvalue weighted by atomic mass is 79.9. The van der Waals surface area contributed by atoms with Crippen molar-refractivity contribution in [2.75, 3.05) is 38.1 Å². The number of piperazine rings is 1. The van der Waals surface area contributed by atoms with Gasteiger partial charge in [-0.25, -0.2) is 9.29 Å². The van der Waals surface area contributed by atoms with E-state index in [1.807, 2.05) is 18.0 Å². The summed E-state index contributed by atoms with van der Waals surface area (Å²) in [6.45, 7) is 2.92. The zero-order valence-corrected chi connectivity index (χ0v) is 16.9. The molecular formula is C21H19BrFN3O2. The third kappa shape index (κ3) is 3.36. The fraction of sp³-hybridized carbons (Fsp3) is 0.238. The Hall–Kier alpha value is -2.51. The van der Waals surface area contributed by atoms with Crippen molar-refractivity contribution in [3.05, 3.63) is 70.1 Å². The molecular weight excluding hydrogens is 425 g/mol. The van der Waals surface area contributed by atoms with Crippen LogP contribution >= 0.6 is 15.9 Å². The summed E-state index contributed by atoms with van der Waals surface area (Å²) < 4.78 is 14.2. The minimum absolute atomic E-state index is 0.328. The number of anilines is 1. The third-order valence-corrected chi connectivity index (χ3v) is 5.57. The Morgan fingerprint density at radius 1 is 0.929 bits per heavy atom. The average molecular weight is 444 g/mol. The highest BCUT2D eigenvalue weighted by Crippen LogP contribution is 2.35. The molecule has 0 N–H and O–H groups in total. The number of carbonyl (C=O) groups excluding carboxylic acids is 2. The predicted molar refractivity (Wildman–Crippen MR) is 109 cm³/mol. The number of carbonyl (C=O) groups is 2. The van der Waals surface area contributed by atoms with Gasteiger partial charge in [0.2, 0.25) is 0 Å². The van der Waals surface area contributed by atoms with Gasteiger partial charge in [0.25, 0.3) is 11.8 Å². The molecule has 5 nitrogen and oxygen atoms in total. The Bertz CT molecular complexity index is 966. The summed E-state index contributed by atoms with van der Waals surface area (Å²) in [6.07, 6.45) is 0. The van der Waals surface area contributed by atoms with E-state index in [4.69, 9.17) is 0 Å². The van der Waals surface area contributed by atoms with Gasteiger partial charge in [0.1, 0.15) is 11.5 Å². The van der Waals surface area contributed by atoms with Gasteiger partial charge in [-0.15, -0.1) is 0 Å². The van der Waals surface area contributed by atoms with Gasteiger partial charge < -0.3 is 9.80 Å². The number of benzene rings is 2. The number of amides is 2. The van der Waals surface area contributed by atoms with E-state index in [0.717, 1.165) is 17.6 Å². The van der Waals surface area contributed by atoms with E-state index in [9.17, 15) is 14.0 Å². The molecule has 0 bridgehead atoms. The van der Waals surface area contributed by atoms with Gasteiger partial charge >= 0.3 is 0 Å². The highest BCUT2D eigenvalue weighted by Gasteiger charge is 2.42. The molecule has 2 aliphatic heterocycles. The summed E-state index contributed by atoms with van der Waals surface area (Å²) in [5.41, 5.74) is 1.78. The van der Waals surface area contributed by atoms with Gasteiger partial charge in [-0.1, -0.05) is 34.1 Å². The molecule has 2 heterocycles. The molecule has 0 unspecified atom stereocenters. The highest BCUT2D eigenvalue weighted by molar-refractivity contribution is 9.10. The number of halogens is 2. The van der Waals surface area contributed by atoms with E-state index in [1.54, 1.807) is 30.3 Å². The van der Waals surface area contributed by atoms with E-state index >= 15 is 0 Å². The lowest BCUT2D eigenvalue weighted by atomic mass is 10.0. The molecule has 7 heteroatoms. The summed E-state index contributed by atoms with van der Waals surface area (Å²) >= 11 is 3.39. The number of imide groups is 1. The number of nitrogens with zero attached hydrogens (tertiary/aromatic N) is 3. The standard InChI is InChI=1S/C21H19BrFN3O2/c1-24-9-11-25(12-10-24)19-18(14-5-7-16(23)8-6-14)20(27)26(21(19)28)17-4-2-3-15(22)13-17/h2-8,13H,9-12H2,1H3. The molecule has 144 valence electrons. The maximum atomic E-state index is 13.4. The molecule has 1 fully saturated rings. The van der Waals surface area contributed by atoms with Crippen LogP contribution in [0.4, 0.5) is 10.1 Å². The maximum Gasteiger partial charge on any atom is 0.282 e. The van der Waals surface area contributed by atoms with Gasteiger partial charge in [-0.05, 0) is 42.9 Å². The molecule has 2 aromatic carbocycles. The van der Waals surface area contributed by atoms with Crippen LogP contribution in [0.3, 0.4) is 0 Å². The first-order valence-corrected chi connectivity index (χ1v) is 9.83. The van der Waals surface area contributed by atoms with Crippen molar-refractivity contribution < 1.29 is 14.0 Å². The molecule has 1 saturated heterocycles. The van der Waals surface area contributed by atoms with Crippen molar-refractivity contribution >= 4 is 39.0 Å². The third-order valence-electron chi connectivity index (χ3n) is 5.08. The fourth-order valence-electron chi connectivity index (χ4n) is 3.57. The lowest BCUT2D eigenvalue weighted by molar-refractivity contribution is -0.120. The summed E-state index contributed by atoms with van der Waals surface area (Å²) in [5.74, 6) is -1.11. The van der Waals surface area contributed by atoms with Crippen molar-refractivity contribution in [2.24, 2.45) is 0 Å². The van der Waals surface area contributed by atoms with Crippen LogP contribution in [0.25, 0.3) is 5.57 Å². The Balaban J connectivity index is 1.81. The zero-order valence-electron chi connectivity index (χ0n) is 15.4. The first-order chi connectivity index (χ1) is 13.5. The minimum Gasteiger partial charge on any atom is -0.364 e. The number of hydrogen-bond acceptors (Lipinski definition) is 4. The SMILES string of the molecule is CN1CCN(C2=C(c3ccc(F)cc3)C(=O)N(c3cccc(Br)c3)C2=O)CC1. The first-order valence-electron chi connectivity index (χ1n) is 9.04. The van der Waals surface area contributed by atoms with Crippen molar-refractivity contribution in [2.45, 2.75) is 0 Å². The lowest BCUT2D eigenvalue weighted by Gasteiger charge is -2.34. The largest absolute Gasteiger partial charge is 0.364 e. The van der Waals surface area contributed by atoms with Crippen molar-refractivity contribution in [3.8, 4) is 0 Å². The average Bonchev–Trinajstić information content (AvgIpc) is 2.93. The van der Waals surface area contributed by atoms with E-state index in [0.29, 0.717) is 35.6 Å². The maximum absolute atomic E-state index is 13.4. The molecule has 0 saturated carbocycles. The molecule has 28 heavy (non-hydrogen) atoms. The van der Waals surface area contributed by atoms with E-state index < -0.39 is 0 Å². The molecule has 2 amide bonds. The van der Waals surface area contributed by atoms with Gasteiger partial charge in [-0.3, -0.25) is 9.59 Å². The van der Waals surface area contributed by atoms with Crippen LogP contribution in [0.2, 0.25) is 0 Å². The molecule has 2 aliphatic rings. The van der Waals surface area contributed by atoms with Crippen molar-refractivity contribution in [1.82, 2.24) is 9.80 Å². The molecule has 0 spiro atoms. The molecule has 2 aromatic rings. The van der Waals surface area contributed by atoms with Crippen molar-refractivity contribution in [3.63, 3.8) is 0 Å². The van der Waals surface area contributed by atoms with Gasteiger partial charge in [-0.2, -0.15) is 0 Å². The number of hydrogen-bond donors (Lipinski definition) is 0. The smallest absolute Gasteiger partial charge is 0.282 e. The monoisotopic (exact) mass is 443 g/mol. The Kier molecular flexibility index (Phi) is 5.03. The van der Waals surface area contributed by atoms with Crippen LogP contribution in [0.1, 0.15) is 5.56 Å². The van der Waals surface area contributed by atoms with E-state index in [1.165, 1.54) is 17.0 Å². The number of rotatable bonds is 3. The lowest BCUT2D eigenvalue weighted by Crippen LogP contribution is -2.46. The Morgan fingerprint density at radius 2 is 1.61 bits per heavy atom. The van der Waals surface area contributed by atoms with Crippen LogP contribution < -0.4 is 4.90 Å². The summed E-state index contributed by atoms with van der Waals surface area (Å²) in [5, 5.41) is 0. The summed E-state index contributed by atoms with van der Waals surface area (Å²) in [7, 11) is 2.03. The topological polar surface area (TPSA) is 43.9 Å². The molecule has 0 radical (unpaired) electrons. The quantitative estimate of drug-likeness (QED) is 0.683. The Morgan fingerprint density at radius 3 is 2.25 bits per heavy atom. The number of likely N-dealkylation sites (N-methyl/N-ethyl adjacent to an activating group) is 1. The van der Waals surface area contributed by atoms with Gasteiger partial charge in [0.15, 0.2) is 0 Å². The normalized spacial score (nSPS) is 18.4. The van der Waals surface area contributed by atoms with E-state index in [2.05, 4.69) is 20.8 Å². The van der Waals surface area contributed by atoms with Crippen LogP contribution in [0, 0.1) is 5.82 Å². The van der Waals surface area contributed by atoms with Gasteiger partial charge in [0.05, 0.1) is 11.3 Å². The van der Waals surface area contributed by atoms with Crippen LogP contribution in [0.5, 0.6) is 0 Å². The molecule has 0 aromatic heterocycles. The summed E-state index contributed by atoms with van der Waals surface area (Å²) in [6, 6.07) is 12.8. The van der Waals surface area contributed by atoms with Crippen molar-refractivity contribution in [1.29, 1.82) is 0 Å². The second-order valence-corrected chi connectivity index (χ2v) is 7.86. The molecule has 0 aliphatic carbocycles. The van der Waals surface area contributed by atoms with Crippen LogP contribution in [-0.4, -0.2) is 54.8 Å². The first kappa shape index (κ1) is 18.8. The van der Waals surface area contributed by atoms with E-state index in [-0.39, 0.29) is 17.6 Å². The summed E-state index contributed by atoms with van der Waals surface area (Å²) in [4.78, 5) is 32.1.